The van der Waals surface area contributed by atoms with Crippen LogP contribution in [0.1, 0.15) is 28.9 Å². The maximum absolute atomic E-state index is 12.7. The smallest absolute Gasteiger partial charge is 0.414 e. The van der Waals surface area contributed by atoms with E-state index < -0.39 is 0 Å². The molecule has 0 unspecified atom stereocenters. The minimum Gasteiger partial charge on any atom is -0.497 e. The summed E-state index contributed by atoms with van der Waals surface area (Å²) in [6.45, 7) is 2.83. The zero-order valence-electron chi connectivity index (χ0n) is 15.5. The molecule has 0 aliphatic carbocycles. The molecule has 0 spiro atoms. The third-order valence-electron chi connectivity index (χ3n) is 4.46. The van der Waals surface area contributed by atoms with E-state index in [1.807, 2.05) is 31.2 Å². The molecule has 1 atom stereocenters. The molecule has 7 heteroatoms. The zero-order chi connectivity index (χ0) is 19.4. The Morgan fingerprint density at radius 2 is 1.89 bits per heavy atom. The van der Waals surface area contributed by atoms with E-state index in [9.17, 15) is 9.59 Å². The van der Waals surface area contributed by atoms with Crippen LogP contribution < -0.4 is 19.7 Å². The van der Waals surface area contributed by atoms with E-state index in [0.717, 1.165) is 11.3 Å². The number of cyclic esters (lactones) is 1. The van der Waals surface area contributed by atoms with Crippen LogP contribution in [-0.2, 0) is 4.74 Å². The van der Waals surface area contributed by atoms with E-state index in [-0.39, 0.29) is 18.0 Å². The molecule has 2 amide bonds. The van der Waals surface area contributed by atoms with Crippen molar-refractivity contribution in [3.05, 3.63) is 53.6 Å². The lowest BCUT2D eigenvalue weighted by Crippen LogP contribution is -2.27. The van der Waals surface area contributed by atoms with E-state index in [1.165, 1.54) is 7.11 Å². The molecule has 2 aromatic carbocycles. The standard InChI is InChI=1S/C20H22N2O5/c1-13(14-4-6-15(7-5-14)22-10-11-27-20(22)24)21-19(23)17-12-16(25-2)8-9-18(17)26-3/h4-9,12-13H,10-11H2,1-3H3,(H,21,23)/t13-/m0/s1. The van der Waals surface area contributed by atoms with Crippen LogP contribution in [0.4, 0.5) is 10.5 Å². The van der Waals surface area contributed by atoms with Gasteiger partial charge in [0.2, 0.25) is 0 Å². The fraction of sp³-hybridized carbons (Fsp3) is 0.300. The van der Waals surface area contributed by atoms with E-state index in [0.29, 0.717) is 30.2 Å². The van der Waals surface area contributed by atoms with Crippen LogP contribution in [0.3, 0.4) is 0 Å². The minimum atomic E-state index is -0.339. The van der Waals surface area contributed by atoms with Gasteiger partial charge in [0.15, 0.2) is 0 Å². The normalized spacial score (nSPS) is 14.5. The summed E-state index contributed by atoms with van der Waals surface area (Å²) in [6.07, 6.45) is -0.339. The Bertz CT molecular complexity index is 835. The van der Waals surface area contributed by atoms with Gasteiger partial charge in [0.25, 0.3) is 5.91 Å². The Kier molecular flexibility index (Phi) is 5.49. The van der Waals surface area contributed by atoms with Crippen molar-refractivity contribution in [1.82, 2.24) is 5.32 Å². The summed E-state index contributed by atoms with van der Waals surface area (Å²) >= 11 is 0. The fourth-order valence-corrected chi connectivity index (χ4v) is 2.92. The van der Waals surface area contributed by atoms with Gasteiger partial charge in [0.05, 0.1) is 32.4 Å². The first-order chi connectivity index (χ1) is 13.0. The number of rotatable bonds is 6. The number of carbonyl (C=O) groups excluding carboxylic acids is 2. The van der Waals surface area contributed by atoms with Crippen molar-refractivity contribution in [1.29, 1.82) is 0 Å². The maximum atomic E-state index is 12.7. The Hall–Kier alpha value is -3.22. The molecule has 0 radical (unpaired) electrons. The minimum absolute atomic E-state index is 0.229. The molecule has 142 valence electrons. The molecule has 1 fully saturated rings. The quantitative estimate of drug-likeness (QED) is 0.845. The second kappa shape index (κ2) is 7.99. The lowest BCUT2D eigenvalue weighted by atomic mass is 10.1. The number of methoxy groups -OCH3 is 2. The summed E-state index contributed by atoms with van der Waals surface area (Å²) < 4.78 is 15.4. The van der Waals surface area contributed by atoms with Crippen LogP contribution in [0.5, 0.6) is 11.5 Å². The van der Waals surface area contributed by atoms with E-state index in [1.54, 1.807) is 30.2 Å². The lowest BCUT2D eigenvalue weighted by molar-refractivity contribution is 0.0936. The number of hydrogen-bond donors (Lipinski definition) is 1. The number of ether oxygens (including phenoxy) is 3. The third kappa shape index (κ3) is 3.97. The summed E-state index contributed by atoms with van der Waals surface area (Å²) in [7, 11) is 3.06. The Morgan fingerprint density at radius 1 is 1.15 bits per heavy atom. The highest BCUT2D eigenvalue weighted by Gasteiger charge is 2.23. The third-order valence-corrected chi connectivity index (χ3v) is 4.46. The van der Waals surface area contributed by atoms with Gasteiger partial charge in [-0.3, -0.25) is 9.69 Å². The Morgan fingerprint density at radius 3 is 2.48 bits per heavy atom. The topological polar surface area (TPSA) is 77.1 Å². The molecule has 1 saturated heterocycles. The number of nitrogens with zero attached hydrogens (tertiary/aromatic N) is 1. The molecule has 0 bridgehead atoms. The molecule has 1 aliphatic heterocycles. The molecule has 27 heavy (non-hydrogen) atoms. The second-order valence-electron chi connectivity index (χ2n) is 6.12. The highest BCUT2D eigenvalue weighted by molar-refractivity contribution is 5.97. The van der Waals surface area contributed by atoms with Crippen molar-refractivity contribution in [2.45, 2.75) is 13.0 Å². The molecule has 1 N–H and O–H groups in total. The first-order valence-corrected chi connectivity index (χ1v) is 8.60. The molecule has 2 aromatic rings. The number of benzene rings is 2. The number of amides is 2. The number of carbonyl (C=O) groups is 2. The highest BCUT2D eigenvalue weighted by atomic mass is 16.6. The second-order valence-corrected chi connectivity index (χ2v) is 6.12. The van der Waals surface area contributed by atoms with E-state index in [2.05, 4.69) is 5.32 Å². The van der Waals surface area contributed by atoms with Gasteiger partial charge in [-0.25, -0.2) is 4.79 Å². The monoisotopic (exact) mass is 370 g/mol. The van der Waals surface area contributed by atoms with Crippen LogP contribution in [0.15, 0.2) is 42.5 Å². The van der Waals surface area contributed by atoms with Gasteiger partial charge in [-0.1, -0.05) is 12.1 Å². The van der Waals surface area contributed by atoms with Crippen LogP contribution in [-0.4, -0.2) is 39.4 Å². The summed E-state index contributed by atoms with van der Waals surface area (Å²) in [6, 6.07) is 12.3. The van der Waals surface area contributed by atoms with Gasteiger partial charge < -0.3 is 19.5 Å². The summed E-state index contributed by atoms with van der Waals surface area (Å²) in [4.78, 5) is 25.9. The van der Waals surface area contributed by atoms with Gasteiger partial charge in [-0.15, -0.1) is 0 Å². The van der Waals surface area contributed by atoms with Crippen molar-refractivity contribution in [3.63, 3.8) is 0 Å². The summed E-state index contributed by atoms with van der Waals surface area (Å²) in [5.41, 5.74) is 2.09. The van der Waals surface area contributed by atoms with Crippen LogP contribution >= 0.6 is 0 Å². The predicted molar refractivity (Wildman–Crippen MR) is 101 cm³/mol. The molecule has 0 saturated carbocycles. The number of anilines is 1. The van der Waals surface area contributed by atoms with Gasteiger partial charge in [-0.2, -0.15) is 0 Å². The summed E-state index contributed by atoms with van der Waals surface area (Å²) in [5, 5.41) is 2.96. The molecule has 3 rings (SSSR count). The fourth-order valence-electron chi connectivity index (χ4n) is 2.92. The molecule has 0 aromatic heterocycles. The maximum Gasteiger partial charge on any atom is 0.414 e. The molecule has 1 aliphatic rings. The SMILES string of the molecule is COc1ccc(OC)c(C(=O)N[C@@H](C)c2ccc(N3CCOC3=O)cc2)c1. The van der Waals surface area contributed by atoms with Crippen molar-refractivity contribution in [2.24, 2.45) is 0 Å². The van der Waals surface area contributed by atoms with Crippen LogP contribution in [0.2, 0.25) is 0 Å². The molecule has 7 nitrogen and oxygen atoms in total. The Balaban J connectivity index is 1.72. The van der Waals surface area contributed by atoms with Crippen molar-refractivity contribution < 1.29 is 23.8 Å². The molecular formula is C20H22N2O5. The average molecular weight is 370 g/mol. The van der Waals surface area contributed by atoms with E-state index in [4.69, 9.17) is 14.2 Å². The first-order valence-electron chi connectivity index (χ1n) is 8.60. The van der Waals surface area contributed by atoms with Gasteiger partial charge in [0, 0.05) is 5.69 Å². The van der Waals surface area contributed by atoms with Gasteiger partial charge in [0.1, 0.15) is 18.1 Å². The van der Waals surface area contributed by atoms with Crippen molar-refractivity contribution in [2.75, 3.05) is 32.3 Å². The molecular weight excluding hydrogens is 348 g/mol. The van der Waals surface area contributed by atoms with Gasteiger partial charge >= 0.3 is 6.09 Å². The largest absolute Gasteiger partial charge is 0.497 e. The van der Waals surface area contributed by atoms with Crippen LogP contribution in [0.25, 0.3) is 0 Å². The highest BCUT2D eigenvalue weighted by Crippen LogP contribution is 2.26. The van der Waals surface area contributed by atoms with Crippen LogP contribution in [0, 0.1) is 0 Å². The number of nitrogens with one attached hydrogen (secondary N) is 1. The summed E-state index contributed by atoms with van der Waals surface area (Å²) in [5.74, 6) is 0.796. The van der Waals surface area contributed by atoms with Crippen molar-refractivity contribution in [3.8, 4) is 11.5 Å². The average Bonchev–Trinajstić information content (AvgIpc) is 3.13. The number of hydrogen-bond acceptors (Lipinski definition) is 5. The lowest BCUT2D eigenvalue weighted by Gasteiger charge is -2.18. The van der Waals surface area contributed by atoms with Gasteiger partial charge in [-0.05, 0) is 42.8 Å². The Labute approximate surface area is 157 Å². The first kappa shape index (κ1) is 18.6. The molecule has 1 heterocycles. The predicted octanol–water partition coefficient (Wildman–Crippen LogP) is 3.15. The zero-order valence-corrected chi connectivity index (χ0v) is 15.5. The van der Waals surface area contributed by atoms with E-state index >= 15 is 0 Å². The van der Waals surface area contributed by atoms with Crippen molar-refractivity contribution >= 4 is 17.7 Å².